The maximum absolute atomic E-state index is 11.7. The van der Waals surface area contributed by atoms with Crippen molar-refractivity contribution in [3.8, 4) is 0 Å². The molecule has 0 bridgehead atoms. The number of nitrogens with zero attached hydrogens (tertiary/aromatic N) is 1. The van der Waals surface area contributed by atoms with E-state index >= 15 is 0 Å². The van der Waals surface area contributed by atoms with Crippen LogP contribution in [0.2, 0.25) is 0 Å². The van der Waals surface area contributed by atoms with Crippen LogP contribution in [0.3, 0.4) is 0 Å². The zero-order valence-electron chi connectivity index (χ0n) is 15.8. The van der Waals surface area contributed by atoms with E-state index in [2.05, 4.69) is 6.08 Å². The molecule has 0 aliphatic rings. The fourth-order valence-corrected chi connectivity index (χ4v) is 2.51. The average Bonchev–Trinajstić information content (AvgIpc) is 2.50. The second-order valence-corrected chi connectivity index (χ2v) is 6.54. The minimum absolute atomic E-state index is 0.0274. The lowest BCUT2D eigenvalue weighted by atomic mass is 9.80. The van der Waals surface area contributed by atoms with Crippen molar-refractivity contribution in [2.75, 3.05) is 19.6 Å². The summed E-state index contributed by atoms with van der Waals surface area (Å²) < 4.78 is 0. The quantitative estimate of drug-likeness (QED) is 0.416. The summed E-state index contributed by atoms with van der Waals surface area (Å²) in [5.74, 6) is -2.51. The van der Waals surface area contributed by atoms with E-state index in [1.807, 2.05) is 39.5 Å². The zero-order chi connectivity index (χ0) is 18.8. The van der Waals surface area contributed by atoms with Gasteiger partial charge in [-0.25, -0.2) is 0 Å². The number of carboxylic acid groups (broad SMARTS) is 2. The Bertz CT molecular complexity index is 458. The number of carboxylic acids is 2. The Morgan fingerprint density at radius 2 is 1.54 bits per heavy atom. The van der Waals surface area contributed by atoms with Crippen molar-refractivity contribution < 1.29 is 19.8 Å². The molecule has 0 unspecified atom stereocenters. The Hall–Kier alpha value is -1.62. The summed E-state index contributed by atoms with van der Waals surface area (Å²) in [6.07, 6.45) is 5.74. The van der Waals surface area contributed by atoms with Crippen molar-refractivity contribution in [1.82, 2.24) is 4.90 Å². The molecule has 0 radical (unpaired) electrons. The van der Waals surface area contributed by atoms with Gasteiger partial charge in [0, 0.05) is 0 Å². The normalized spacial score (nSPS) is 12.3. The third-order valence-electron chi connectivity index (χ3n) is 4.46. The molecule has 0 atom stereocenters. The number of aliphatic carboxylic acids is 2. The van der Waals surface area contributed by atoms with Crippen LogP contribution in [0.1, 0.15) is 60.3 Å². The maximum Gasteiger partial charge on any atom is 0.321 e. The number of hydrogen-bond acceptors (Lipinski definition) is 3. The fraction of sp³-hybridized carbons (Fsp3) is 0.684. The van der Waals surface area contributed by atoms with Crippen molar-refractivity contribution in [2.24, 2.45) is 5.41 Å². The summed E-state index contributed by atoms with van der Waals surface area (Å²) in [5, 5.41) is 19.2. The second kappa shape index (κ2) is 11.0. The molecular weight excluding hydrogens is 306 g/mol. The standard InChI is InChI=1S/C19H33NO4/c1-6-20(7-2)14-13-19(17(21)22,18(23)24)12-11-16(5)10-8-9-15(3)4/h9,11H,6-8,10,12-14H2,1-5H3,(H,21,22)(H,23,24)/b16-11+. The molecule has 138 valence electrons. The molecule has 5 nitrogen and oxygen atoms in total. The molecule has 0 fully saturated rings. The smallest absolute Gasteiger partial charge is 0.321 e. The monoisotopic (exact) mass is 339 g/mol. The van der Waals surface area contributed by atoms with Crippen molar-refractivity contribution >= 4 is 11.9 Å². The lowest BCUT2D eigenvalue weighted by molar-refractivity contribution is -0.165. The summed E-state index contributed by atoms with van der Waals surface area (Å²) in [6.45, 7) is 12.0. The van der Waals surface area contributed by atoms with Gasteiger partial charge in [0.2, 0.25) is 0 Å². The van der Waals surface area contributed by atoms with Gasteiger partial charge in [-0.05, 0) is 66.1 Å². The van der Waals surface area contributed by atoms with Crippen LogP contribution >= 0.6 is 0 Å². The van der Waals surface area contributed by atoms with Crippen LogP contribution in [0.15, 0.2) is 23.3 Å². The van der Waals surface area contributed by atoms with Crippen molar-refractivity contribution in [2.45, 2.75) is 60.3 Å². The highest BCUT2D eigenvalue weighted by Crippen LogP contribution is 2.30. The SMILES string of the molecule is CCN(CC)CCC(C/C=C(\C)CCC=C(C)C)(C(=O)O)C(=O)O. The molecule has 0 spiro atoms. The topological polar surface area (TPSA) is 77.8 Å². The summed E-state index contributed by atoms with van der Waals surface area (Å²) in [7, 11) is 0. The van der Waals surface area contributed by atoms with Crippen LogP contribution in [0.25, 0.3) is 0 Å². The molecule has 0 heterocycles. The molecule has 0 rings (SSSR count). The molecule has 0 aromatic heterocycles. The first-order valence-corrected chi connectivity index (χ1v) is 8.67. The first kappa shape index (κ1) is 22.4. The van der Waals surface area contributed by atoms with E-state index in [4.69, 9.17) is 0 Å². The Morgan fingerprint density at radius 3 is 1.96 bits per heavy atom. The molecule has 0 saturated carbocycles. The van der Waals surface area contributed by atoms with Gasteiger partial charge < -0.3 is 15.1 Å². The Labute approximate surface area is 146 Å². The molecule has 0 aliphatic heterocycles. The minimum Gasteiger partial charge on any atom is -0.480 e. The van der Waals surface area contributed by atoms with Gasteiger partial charge in [-0.3, -0.25) is 9.59 Å². The third-order valence-corrected chi connectivity index (χ3v) is 4.46. The number of carbonyl (C=O) groups is 2. The Morgan fingerprint density at radius 1 is 1.00 bits per heavy atom. The first-order valence-electron chi connectivity index (χ1n) is 8.67. The number of hydrogen-bond donors (Lipinski definition) is 2. The van der Waals surface area contributed by atoms with Gasteiger partial charge in [-0.1, -0.05) is 37.1 Å². The number of allylic oxidation sites excluding steroid dienone is 4. The van der Waals surface area contributed by atoms with Crippen LogP contribution in [-0.2, 0) is 9.59 Å². The van der Waals surface area contributed by atoms with Crippen molar-refractivity contribution in [1.29, 1.82) is 0 Å². The zero-order valence-corrected chi connectivity index (χ0v) is 15.8. The van der Waals surface area contributed by atoms with Gasteiger partial charge in [0.15, 0.2) is 5.41 Å². The van der Waals surface area contributed by atoms with Crippen LogP contribution < -0.4 is 0 Å². The second-order valence-electron chi connectivity index (χ2n) is 6.54. The van der Waals surface area contributed by atoms with E-state index in [0.717, 1.165) is 31.5 Å². The van der Waals surface area contributed by atoms with Crippen molar-refractivity contribution in [3.05, 3.63) is 23.3 Å². The largest absolute Gasteiger partial charge is 0.480 e. The van der Waals surface area contributed by atoms with Crippen LogP contribution in [0.4, 0.5) is 0 Å². The average molecular weight is 339 g/mol. The highest BCUT2D eigenvalue weighted by Gasteiger charge is 2.45. The maximum atomic E-state index is 11.7. The molecule has 0 aromatic rings. The summed E-state index contributed by atoms with van der Waals surface area (Å²) in [4.78, 5) is 25.5. The molecule has 0 saturated heterocycles. The first-order chi connectivity index (χ1) is 11.2. The minimum atomic E-state index is -1.75. The van der Waals surface area contributed by atoms with Gasteiger partial charge in [0.25, 0.3) is 0 Å². The molecule has 0 aromatic carbocycles. The summed E-state index contributed by atoms with van der Waals surface area (Å²) in [5.41, 5.74) is 0.523. The van der Waals surface area contributed by atoms with E-state index in [9.17, 15) is 19.8 Å². The van der Waals surface area contributed by atoms with Gasteiger partial charge >= 0.3 is 11.9 Å². The molecule has 2 N–H and O–H groups in total. The van der Waals surface area contributed by atoms with Crippen LogP contribution in [-0.4, -0.2) is 46.7 Å². The lowest BCUT2D eigenvalue weighted by Crippen LogP contribution is -2.42. The summed E-state index contributed by atoms with van der Waals surface area (Å²) >= 11 is 0. The molecule has 5 heteroatoms. The highest BCUT2D eigenvalue weighted by atomic mass is 16.4. The van der Waals surface area contributed by atoms with Crippen molar-refractivity contribution in [3.63, 3.8) is 0 Å². The Balaban J connectivity index is 5.10. The van der Waals surface area contributed by atoms with E-state index in [0.29, 0.717) is 6.54 Å². The van der Waals surface area contributed by atoms with Crippen LogP contribution in [0.5, 0.6) is 0 Å². The molecular formula is C19H33NO4. The highest BCUT2D eigenvalue weighted by molar-refractivity contribution is 5.98. The third kappa shape index (κ3) is 7.30. The van der Waals surface area contributed by atoms with Gasteiger partial charge in [0.05, 0.1) is 0 Å². The molecule has 24 heavy (non-hydrogen) atoms. The lowest BCUT2D eigenvalue weighted by Gasteiger charge is -2.27. The van der Waals surface area contributed by atoms with Gasteiger partial charge in [-0.2, -0.15) is 0 Å². The summed E-state index contributed by atoms with van der Waals surface area (Å²) in [6, 6.07) is 0. The Kier molecular flexibility index (Phi) is 10.3. The molecule has 0 amide bonds. The predicted molar refractivity (Wildman–Crippen MR) is 97.1 cm³/mol. The fourth-order valence-electron chi connectivity index (χ4n) is 2.51. The van der Waals surface area contributed by atoms with Crippen LogP contribution in [0, 0.1) is 5.41 Å². The van der Waals surface area contributed by atoms with E-state index in [1.54, 1.807) is 6.08 Å². The van der Waals surface area contributed by atoms with Gasteiger partial charge in [0.1, 0.15) is 0 Å². The van der Waals surface area contributed by atoms with E-state index in [1.165, 1.54) is 5.57 Å². The van der Waals surface area contributed by atoms with E-state index in [-0.39, 0.29) is 12.8 Å². The number of rotatable bonds is 12. The predicted octanol–water partition coefficient (Wildman–Crippen LogP) is 3.96. The van der Waals surface area contributed by atoms with Gasteiger partial charge in [-0.15, -0.1) is 0 Å². The van der Waals surface area contributed by atoms with E-state index < -0.39 is 17.4 Å². The molecule has 0 aliphatic carbocycles.